The van der Waals surface area contributed by atoms with Gasteiger partial charge >= 0.3 is 0 Å². The Morgan fingerprint density at radius 1 is 1.17 bits per heavy atom. The molecule has 146 valence electrons. The second kappa shape index (κ2) is 8.00. The van der Waals surface area contributed by atoms with Gasteiger partial charge in [-0.15, -0.1) is 11.3 Å². The van der Waals surface area contributed by atoms with Gasteiger partial charge in [0.1, 0.15) is 21.5 Å². The van der Waals surface area contributed by atoms with E-state index < -0.39 is 10.8 Å². The van der Waals surface area contributed by atoms with Crippen LogP contribution in [-0.2, 0) is 0 Å². The van der Waals surface area contributed by atoms with Crippen LogP contribution in [0.25, 0.3) is 0 Å². The van der Waals surface area contributed by atoms with E-state index >= 15 is 0 Å². The van der Waals surface area contributed by atoms with Crippen LogP contribution in [0, 0.1) is 35.3 Å². The van der Waals surface area contributed by atoms with E-state index in [1.54, 1.807) is 19.1 Å². The van der Waals surface area contributed by atoms with E-state index in [1.807, 2.05) is 37.3 Å². The molecule has 3 aromatic rings. The quantitative estimate of drug-likeness (QED) is 0.414. The van der Waals surface area contributed by atoms with Crippen molar-refractivity contribution in [2.24, 2.45) is 0 Å². The van der Waals surface area contributed by atoms with Crippen molar-refractivity contribution in [1.82, 2.24) is 0 Å². The highest BCUT2D eigenvalue weighted by molar-refractivity contribution is 7.19. The lowest BCUT2D eigenvalue weighted by Crippen LogP contribution is -2.12. The monoisotopic (exact) mass is 407 g/mol. The van der Waals surface area contributed by atoms with Gasteiger partial charge in [-0.3, -0.25) is 14.9 Å². The van der Waals surface area contributed by atoms with Gasteiger partial charge in [-0.2, -0.15) is 5.26 Å². The summed E-state index contributed by atoms with van der Waals surface area (Å²) in [6, 6.07) is 14.0. The molecule has 0 unspecified atom stereocenters. The summed E-state index contributed by atoms with van der Waals surface area (Å²) < 4.78 is 0. The minimum Gasteiger partial charge on any atom is -0.396 e. The Labute approximate surface area is 170 Å². The van der Waals surface area contributed by atoms with Crippen LogP contribution in [0.3, 0.4) is 0 Å². The fraction of sp³-hybridized carbons (Fsp3) is 0.100. The molecule has 8 nitrogen and oxygen atoms in total. The van der Waals surface area contributed by atoms with Gasteiger partial charge in [0.15, 0.2) is 0 Å². The Kier molecular flexibility index (Phi) is 5.47. The van der Waals surface area contributed by atoms with Crippen LogP contribution in [0.4, 0.5) is 27.8 Å². The number of carbonyl (C=O) groups is 1. The van der Waals surface area contributed by atoms with Crippen LogP contribution < -0.4 is 16.4 Å². The van der Waals surface area contributed by atoms with Crippen LogP contribution in [0.1, 0.15) is 26.4 Å². The lowest BCUT2D eigenvalue weighted by atomic mass is 10.2. The third kappa shape index (κ3) is 4.17. The standard InChI is InChI=1S/C20H17N5O3S/c1-11-3-6-13(7-4-11)24-20-15(10-21)17(22)18(29-20)19(26)23-14-8-5-12(2)16(9-14)25(27)28/h3-9,24H,22H2,1-2H3,(H,23,26). The molecule has 0 aliphatic rings. The van der Waals surface area contributed by atoms with Crippen molar-refractivity contribution in [3.63, 3.8) is 0 Å². The zero-order chi connectivity index (χ0) is 21.1. The molecule has 0 aliphatic heterocycles. The second-order valence-electron chi connectivity index (χ2n) is 6.36. The number of nitro groups is 1. The molecule has 0 spiro atoms. The highest BCUT2D eigenvalue weighted by atomic mass is 32.1. The van der Waals surface area contributed by atoms with Gasteiger partial charge in [-0.05, 0) is 32.0 Å². The van der Waals surface area contributed by atoms with E-state index in [2.05, 4.69) is 10.6 Å². The molecule has 0 saturated carbocycles. The molecule has 1 aromatic heterocycles. The average Bonchev–Trinajstić information content (AvgIpc) is 3.00. The summed E-state index contributed by atoms with van der Waals surface area (Å²) in [4.78, 5) is 23.4. The summed E-state index contributed by atoms with van der Waals surface area (Å²) in [6.07, 6.45) is 0. The second-order valence-corrected chi connectivity index (χ2v) is 7.38. The number of nitrogens with one attached hydrogen (secondary N) is 2. The molecule has 0 radical (unpaired) electrons. The third-order valence-electron chi connectivity index (χ3n) is 4.24. The van der Waals surface area contributed by atoms with Gasteiger partial charge in [0, 0.05) is 23.0 Å². The van der Waals surface area contributed by atoms with E-state index in [9.17, 15) is 20.2 Å². The molecule has 0 bridgehead atoms. The summed E-state index contributed by atoms with van der Waals surface area (Å²) in [6.45, 7) is 3.58. The molecule has 0 saturated heterocycles. The first kappa shape index (κ1) is 19.9. The van der Waals surface area contributed by atoms with Crippen LogP contribution in [0.15, 0.2) is 42.5 Å². The molecule has 1 heterocycles. The number of hydrogen-bond donors (Lipinski definition) is 3. The lowest BCUT2D eigenvalue weighted by molar-refractivity contribution is -0.385. The number of nitriles is 1. The number of nitro benzene ring substituents is 1. The van der Waals surface area contributed by atoms with E-state index in [-0.39, 0.29) is 27.5 Å². The number of carbonyl (C=O) groups excluding carboxylic acids is 1. The first-order valence-corrected chi connectivity index (χ1v) is 9.34. The van der Waals surface area contributed by atoms with Crippen molar-refractivity contribution >= 4 is 45.0 Å². The van der Waals surface area contributed by atoms with Crippen molar-refractivity contribution in [3.05, 3.63) is 74.1 Å². The Balaban J connectivity index is 1.89. The molecular formula is C20H17N5O3S. The molecule has 29 heavy (non-hydrogen) atoms. The number of thiophene rings is 1. The molecule has 0 atom stereocenters. The van der Waals surface area contributed by atoms with Crippen LogP contribution in [0.2, 0.25) is 0 Å². The molecule has 1 amide bonds. The highest BCUT2D eigenvalue weighted by Gasteiger charge is 2.22. The third-order valence-corrected chi connectivity index (χ3v) is 5.36. The maximum Gasteiger partial charge on any atom is 0.274 e. The fourth-order valence-corrected chi connectivity index (χ4v) is 3.64. The van der Waals surface area contributed by atoms with Gasteiger partial charge in [-0.25, -0.2) is 0 Å². The van der Waals surface area contributed by atoms with Gasteiger partial charge in [0.2, 0.25) is 0 Å². The van der Waals surface area contributed by atoms with Crippen molar-refractivity contribution in [1.29, 1.82) is 5.26 Å². The normalized spacial score (nSPS) is 10.2. The number of amides is 1. The van der Waals surface area contributed by atoms with E-state index in [0.717, 1.165) is 22.6 Å². The van der Waals surface area contributed by atoms with Crippen molar-refractivity contribution in [2.75, 3.05) is 16.4 Å². The largest absolute Gasteiger partial charge is 0.396 e. The Morgan fingerprint density at radius 2 is 1.83 bits per heavy atom. The average molecular weight is 407 g/mol. The van der Waals surface area contributed by atoms with E-state index in [4.69, 9.17) is 5.73 Å². The predicted molar refractivity (Wildman–Crippen MR) is 114 cm³/mol. The summed E-state index contributed by atoms with van der Waals surface area (Å²) in [5.74, 6) is -0.542. The molecular weight excluding hydrogens is 390 g/mol. The number of anilines is 4. The Hall–Kier alpha value is -3.90. The Bertz CT molecular complexity index is 1150. The van der Waals surface area contributed by atoms with Crippen molar-refractivity contribution < 1.29 is 9.72 Å². The number of benzene rings is 2. The molecule has 3 rings (SSSR count). The lowest BCUT2D eigenvalue weighted by Gasteiger charge is -2.05. The number of hydrogen-bond acceptors (Lipinski definition) is 7. The maximum atomic E-state index is 12.7. The first-order chi connectivity index (χ1) is 13.8. The Morgan fingerprint density at radius 3 is 2.45 bits per heavy atom. The number of nitrogen functional groups attached to an aromatic ring is 1. The van der Waals surface area contributed by atoms with Crippen molar-refractivity contribution in [2.45, 2.75) is 13.8 Å². The predicted octanol–water partition coefficient (Wildman–Crippen LogP) is 4.72. The molecule has 0 aliphatic carbocycles. The molecule has 0 fully saturated rings. The summed E-state index contributed by atoms with van der Waals surface area (Å²) >= 11 is 1.05. The molecule has 4 N–H and O–H groups in total. The van der Waals surface area contributed by atoms with Gasteiger partial charge in [0.25, 0.3) is 11.6 Å². The summed E-state index contributed by atoms with van der Waals surface area (Å²) in [5, 5.41) is 26.7. The van der Waals surface area contributed by atoms with Crippen LogP contribution in [0.5, 0.6) is 0 Å². The SMILES string of the molecule is Cc1ccc(Nc2sc(C(=O)Nc3ccc(C)c([N+](=O)[O-])c3)c(N)c2C#N)cc1. The van der Waals surface area contributed by atoms with Gasteiger partial charge in [0.05, 0.1) is 10.6 Å². The number of rotatable bonds is 5. The van der Waals surface area contributed by atoms with Crippen LogP contribution in [-0.4, -0.2) is 10.8 Å². The molecule has 9 heteroatoms. The van der Waals surface area contributed by atoms with Gasteiger partial charge in [-0.1, -0.05) is 23.8 Å². The minimum absolute atomic E-state index is 0.0613. The van der Waals surface area contributed by atoms with Crippen molar-refractivity contribution in [3.8, 4) is 6.07 Å². The van der Waals surface area contributed by atoms with E-state index in [1.165, 1.54) is 6.07 Å². The summed E-state index contributed by atoms with van der Waals surface area (Å²) in [7, 11) is 0. The number of nitrogens with zero attached hydrogens (tertiary/aromatic N) is 2. The fourth-order valence-electron chi connectivity index (χ4n) is 2.65. The number of nitrogens with two attached hydrogens (primary N) is 1. The minimum atomic E-state index is -0.542. The summed E-state index contributed by atoms with van der Waals surface area (Å²) in [5.41, 5.74) is 8.78. The van der Waals surface area contributed by atoms with Crippen LogP contribution >= 0.6 is 11.3 Å². The topological polar surface area (TPSA) is 134 Å². The maximum absolute atomic E-state index is 12.7. The zero-order valence-corrected chi connectivity index (χ0v) is 16.5. The van der Waals surface area contributed by atoms with Gasteiger partial charge < -0.3 is 16.4 Å². The smallest absolute Gasteiger partial charge is 0.274 e. The van der Waals surface area contributed by atoms with E-state index in [0.29, 0.717) is 10.6 Å². The number of aryl methyl sites for hydroxylation is 2. The zero-order valence-electron chi connectivity index (χ0n) is 15.6. The first-order valence-electron chi connectivity index (χ1n) is 8.52. The highest BCUT2D eigenvalue weighted by Crippen LogP contribution is 2.37. The molecule has 2 aromatic carbocycles.